The molecule has 5 nitrogen and oxygen atoms in total. The first-order valence-electron chi connectivity index (χ1n) is 8.93. The maximum Gasteiger partial charge on any atom is 0.191 e. The van der Waals surface area contributed by atoms with Crippen LogP contribution in [0, 0.1) is 5.92 Å². The second kappa shape index (κ2) is 14.3. The molecule has 1 saturated heterocycles. The van der Waals surface area contributed by atoms with E-state index in [4.69, 9.17) is 4.74 Å². The number of aliphatic imine (C=N–C) groups is 1. The molecule has 0 saturated carbocycles. The Balaban J connectivity index is 0.00000484. The summed E-state index contributed by atoms with van der Waals surface area (Å²) in [5.74, 6) is 1.74. The second-order valence-corrected chi connectivity index (χ2v) is 6.38. The van der Waals surface area contributed by atoms with E-state index in [1.807, 2.05) is 14.0 Å². The Kier molecular flexibility index (Phi) is 14.2. The highest BCUT2D eigenvalue weighted by molar-refractivity contribution is 14.0. The van der Waals surface area contributed by atoms with Gasteiger partial charge in [0.15, 0.2) is 5.96 Å². The van der Waals surface area contributed by atoms with Crippen LogP contribution in [0.5, 0.6) is 0 Å². The van der Waals surface area contributed by atoms with E-state index in [9.17, 15) is 0 Å². The second-order valence-electron chi connectivity index (χ2n) is 6.38. The van der Waals surface area contributed by atoms with Crippen molar-refractivity contribution < 1.29 is 4.74 Å². The molecule has 138 valence electrons. The van der Waals surface area contributed by atoms with E-state index in [-0.39, 0.29) is 24.0 Å². The number of guanidine groups is 1. The first-order valence-corrected chi connectivity index (χ1v) is 8.93. The first kappa shape index (κ1) is 22.9. The Labute approximate surface area is 160 Å². The number of unbranched alkanes of at least 4 members (excludes halogenated alkanes) is 1. The zero-order valence-electron chi connectivity index (χ0n) is 15.4. The van der Waals surface area contributed by atoms with Gasteiger partial charge in [-0.1, -0.05) is 6.92 Å². The fourth-order valence-corrected chi connectivity index (χ4v) is 2.90. The summed E-state index contributed by atoms with van der Waals surface area (Å²) < 4.78 is 5.34. The Bertz CT molecular complexity index is 315. The van der Waals surface area contributed by atoms with Gasteiger partial charge in [-0.15, -0.1) is 24.0 Å². The molecule has 2 unspecified atom stereocenters. The van der Waals surface area contributed by atoms with Gasteiger partial charge in [0, 0.05) is 45.9 Å². The minimum atomic E-state index is 0. The average Bonchev–Trinajstić information content (AvgIpc) is 2.53. The molecule has 0 aromatic carbocycles. The Hall–Kier alpha value is -0.0800. The van der Waals surface area contributed by atoms with Crippen LogP contribution < -0.4 is 10.6 Å². The highest BCUT2D eigenvalue weighted by Crippen LogP contribution is 2.17. The van der Waals surface area contributed by atoms with Gasteiger partial charge in [-0.05, 0) is 52.0 Å². The number of likely N-dealkylation sites (tertiary alicyclic amines) is 1. The first-order chi connectivity index (χ1) is 10.7. The summed E-state index contributed by atoms with van der Waals surface area (Å²) in [6, 6.07) is 0.555. The lowest BCUT2D eigenvalue weighted by atomic mass is 9.99. The molecule has 1 heterocycles. The van der Waals surface area contributed by atoms with E-state index < -0.39 is 0 Å². The average molecular weight is 440 g/mol. The molecular weight excluding hydrogens is 403 g/mol. The number of hydrogen-bond acceptors (Lipinski definition) is 3. The summed E-state index contributed by atoms with van der Waals surface area (Å²) in [4.78, 5) is 6.89. The standard InChI is InChI=1S/C17H36N4O.HI/c1-5-22-12-7-6-10-19-17(18-4)20-13-16(3)21-11-8-9-15(2)14-21;/h15-16H,5-14H2,1-4H3,(H2,18,19,20);1H. The number of halogens is 1. The summed E-state index contributed by atoms with van der Waals surface area (Å²) in [5, 5.41) is 6.83. The zero-order valence-corrected chi connectivity index (χ0v) is 17.8. The highest BCUT2D eigenvalue weighted by Gasteiger charge is 2.20. The summed E-state index contributed by atoms with van der Waals surface area (Å²) in [6.45, 7) is 12.7. The van der Waals surface area contributed by atoms with Crippen LogP contribution in [0.3, 0.4) is 0 Å². The van der Waals surface area contributed by atoms with E-state index in [0.29, 0.717) is 6.04 Å². The summed E-state index contributed by atoms with van der Waals surface area (Å²) >= 11 is 0. The monoisotopic (exact) mass is 440 g/mol. The largest absolute Gasteiger partial charge is 0.382 e. The van der Waals surface area contributed by atoms with Gasteiger partial charge in [-0.2, -0.15) is 0 Å². The lowest BCUT2D eigenvalue weighted by molar-refractivity contribution is 0.139. The van der Waals surface area contributed by atoms with Crippen LogP contribution >= 0.6 is 24.0 Å². The maximum absolute atomic E-state index is 5.34. The number of nitrogens with one attached hydrogen (secondary N) is 2. The molecule has 1 aliphatic heterocycles. The molecule has 6 heteroatoms. The smallest absolute Gasteiger partial charge is 0.191 e. The van der Waals surface area contributed by atoms with Crippen molar-refractivity contribution in [2.45, 2.75) is 52.5 Å². The van der Waals surface area contributed by atoms with Crippen LogP contribution in [0.25, 0.3) is 0 Å². The zero-order chi connectivity index (χ0) is 16.2. The molecule has 1 rings (SSSR count). The van der Waals surface area contributed by atoms with E-state index in [0.717, 1.165) is 51.0 Å². The van der Waals surface area contributed by atoms with Gasteiger partial charge >= 0.3 is 0 Å². The van der Waals surface area contributed by atoms with Crippen molar-refractivity contribution in [1.29, 1.82) is 0 Å². The van der Waals surface area contributed by atoms with E-state index in [1.165, 1.54) is 25.9 Å². The third-order valence-corrected chi connectivity index (χ3v) is 4.31. The number of ether oxygens (including phenoxy) is 1. The predicted molar refractivity (Wildman–Crippen MR) is 110 cm³/mol. The van der Waals surface area contributed by atoms with Crippen LogP contribution in [0.15, 0.2) is 4.99 Å². The summed E-state index contributed by atoms with van der Waals surface area (Å²) in [6.07, 6.45) is 4.92. The third kappa shape index (κ3) is 10.4. The van der Waals surface area contributed by atoms with Crippen molar-refractivity contribution in [3.63, 3.8) is 0 Å². The number of hydrogen-bond donors (Lipinski definition) is 2. The minimum Gasteiger partial charge on any atom is -0.382 e. The fourth-order valence-electron chi connectivity index (χ4n) is 2.90. The van der Waals surface area contributed by atoms with Crippen LogP contribution in [0.1, 0.15) is 46.5 Å². The fraction of sp³-hybridized carbons (Fsp3) is 0.941. The van der Waals surface area contributed by atoms with Gasteiger partial charge in [0.05, 0.1) is 0 Å². The molecule has 0 amide bonds. The molecule has 2 N–H and O–H groups in total. The van der Waals surface area contributed by atoms with Crippen LogP contribution in [0.4, 0.5) is 0 Å². The molecule has 0 aliphatic carbocycles. The molecule has 0 bridgehead atoms. The highest BCUT2D eigenvalue weighted by atomic mass is 127. The van der Waals surface area contributed by atoms with E-state index in [2.05, 4.69) is 34.4 Å². The molecule has 2 atom stereocenters. The molecule has 0 aromatic rings. The molecule has 1 aliphatic rings. The third-order valence-electron chi connectivity index (χ3n) is 4.31. The van der Waals surface area contributed by atoms with Crippen LogP contribution in [-0.2, 0) is 4.74 Å². The van der Waals surface area contributed by atoms with Crippen molar-refractivity contribution in [2.75, 3.05) is 46.4 Å². The summed E-state index contributed by atoms with van der Waals surface area (Å²) in [7, 11) is 1.84. The molecule has 0 spiro atoms. The van der Waals surface area contributed by atoms with E-state index in [1.54, 1.807) is 0 Å². The van der Waals surface area contributed by atoms with E-state index >= 15 is 0 Å². The molecular formula is C17H37IN4O. The maximum atomic E-state index is 5.34. The van der Waals surface area contributed by atoms with Crippen molar-refractivity contribution in [2.24, 2.45) is 10.9 Å². The lowest BCUT2D eigenvalue weighted by Gasteiger charge is -2.35. The molecule has 0 aromatic heterocycles. The van der Waals surface area contributed by atoms with Crippen molar-refractivity contribution >= 4 is 29.9 Å². The Morgan fingerprint density at radius 3 is 2.78 bits per heavy atom. The van der Waals surface area contributed by atoms with Gasteiger partial charge in [0.25, 0.3) is 0 Å². The minimum absolute atomic E-state index is 0. The van der Waals surface area contributed by atoms with Crippen molar-refractivity contribution in [1.82, 2.24) is 15.5 Å². The van der Waals surface area contributed by atoms with Crippen LogP contribution in [0.2, 0.25) is 0 Å². The normalized spacial score (nSPS) is 20.7. The molecule has 0 radical (unpaired) electrons. The van der Waals surface area contributed by atoms with Gasteiger partial charge in [0.2, 0.25) is 0 Å². The van der Waals surface area contributed by atoms with Gasteiger partial charge in [-0.25, -0.2) is 0 Å². The Morgan fingerprint density at radius 2 is 2.13 bits per heavy atom. The lowest BCUT2D eigenvalue weighted by Crippen LogP contribution is -2.48. The number of rotatable bonds is 9. The summed E-state index contributed by atoms with van der Waals surface area (Å²) in [5.41, 5.74) is 0. The van der Waals surface area contributed by atoms with Gasteiger partial charge in [-0.3, -0.25) is 9.89 Å². The molecule has 1 fully saturated rings. The number of nitrogens with zero attached hydrogens (tertiary/aromatic N) is 2. The topological polar surface area (TPSA) is 48.9 Å². The quantitative estimate of drug-likeness (QED) is 0.251. The SMILES string of the molecule is CCOCCCCNC(=NC)NCC(C)N1CCCC(C)C1.I. The van der Waals surface area contributed by atoms with Crippen LogP contribution in [-0.4, -0.2) is 63.3 Å². The van der Waals surface area contributed by atoms with Crippen molar-refractivity contribution in [3.05, 3.63) is 0 Å². The van der Waals surface area contributed by atoms with Crippen molar-refractivity contribution in [3.8, 4) is 0 Å². The Morgan fingerprint density at radius 1 is 1.35 bits per heavy atom. The predicted octanol–water partition coefficient (Wildman–Crippen LogP) is 2.71. The van der Waals surface area contributed by atoms with Gasteiger partial charge < -0.3 is 15.4 Å². The molecule has 23 heavy (non-hydrogen) atoms. The van der Waals surface area contributed by atoms with Gasteiger partial charge in [0.1, 0.15) is 0 Å². The number of piperidine rings is 1.